The maximum Gasteiger partial charge on any atom is 0.334 e. The van der Waals surface area contributed by atoms with Crippen LogP contribution < -0.4 is 11.2 Å². The van der Waals surface area contributed by atoms with Gasteiger partial charge >= 0.3 is 5.69 Å². The van der Waals surface area contributed by atoms with Gasteiger partial charge in [-0.05, 0) is 42.7 Å². The summed E-state index contributed by atoms with van der Waals surface area (Å²) in [5, 5.41) is -0.120. The molecule has 6 nitrogen and oxygen atoms in total. The number of pyridine rings is 2. The second kappa shape index (κ2) is 7.29. The Kier molecular flexibility index (Phi) is 4.77. The Balaban J connectivity index is 2.18. The molecule has 1 N–H and O–H groups in total. The Morgan fingerprint density at radius 1 is 1.07 bits per heavy atom. The Bertz CT molecular complexity index is 1410. The molecule has 8 heteroatoms. The molecule has 0 saturated heterocycles. The number of fused-ring (bicyclic) bond motifs is 1. The van der Waals surface area contributed by atoms with Gasteiger partial charge in [-0.15, -0.1) is 0 Å². The van der Waals surface area contributed by atoms with Gasteiger partial charge in [0.2, 0.25) is 0 Å². The molecular formula is C22H18F2N4O2. The third kappa shape index (κ3) is 3.10. The number of aromatic amines is 1. The summed E-state index contributed by atoms with van der Waals surface area (Å²) in [5.74, 6) is -1.57. The molecule has 0 bridgehead atoms. The van der Waals surface area contributed by atoms with Gasteiger partial charge in [-0.2, -0.15) is 0 Å². The van der Waals surface area contributed by atoms with Crippen molar-refractivity contribution >= 4 is 11.0 Å². The van der Waals surface area contributed by atoms with Crippen LogP contribution in [0.3, 0.4) is 0 Å². The van der Waals surface area contributed by atoms with E-state index in [0.717, 1.165) is 11.6 Å². The van der Waals surface area contributed by atoms with Crippen molar-refractivity contribution in [1.82, 2.24) is 19.5 Å². The van der Waals surface area contributed by atoms with Gasteiger partial charge in [0.05, 0.1) is 16.8 Å². The molecule has 0 spiro atoms. The van der Waals surface area contributed by atoms with E-state index in [1.165, 1.54) is 22.8 Å². The van der Waals surface area contributed by atoms with Crippen LogP contribution in [0.25, 0.3) is 28.0 Å². The van der Waals surface area contributed by atoms with Gasteiger partial charge < -0.3 is 0 Å². The SMILES string of the molecule is Cc1ccnc(C(C)C)c1-n1c(=O)[nH]c(=O)c2cc(F)c(-c3ccccc3F)nc21. The minimum absolute atomic E-state index is 0.0414. The van der Waals surface area contributed by atoms with Crippen molar-refractivity contribution in [2.75, 3.05) is 0 Å². The Hall–Kier alpha value is -3.68. The Morgan fingerprint density at radius 2 is 1.80 bits per heavy atom. The normalized spacial score (nSPS) is 11.4. The van der Waals surface area contributed by atoms with Gasteiger partial charge in [0.1, 0.15) is 11.5 Å². The lowest BCUT2D eigenvalue weighted by Crippen LogP contribution is -2.31. The zero-order valence-corrected chi connectivity index (χ0v) is 16.5. The van der Waals surface area contributed by atoms with Crippen LogP contribution in [0.2, 0.25) is 0 Å². The molecule has 3 aromatic heterocycles. The third-order valence-electron chi connectivity index (χ3n) is 4.89. The number of benzene rings is 1. The van der Waals surface area contributed by atoms with Crippen LogP contribution >= 0.6 is 0 Å². The largest absolute Gasteiger partial charge is 0.334 e. The molecular weight excluding hydrogens is 390 g/mol. The summed E-state index contributed by atoms with van der Waals surface area (Å²) in [7, 11) is 0. The van der Waals surface area contributed by atoms with Crippen molar-refractivity contribution < 1.29 is 8.78 Å². The molecule has 0 atom stereocenters. The lowest BCUT2D eigenvalue weighted by molar-refractivity contribution is 0.612. The van der Waals surface area contributed by atoms with Crippen LogP contribution in [0.1, 0.15) is 31.0 Å². The van der Waals surface area contributed by atoms with Crippen molar-refractivity contribution in [3.8, 4) is 16.9 Å². The summed E-state index contributed by atoms with van der Waals surface area (Å²) in [5.41, 5.74) is -0.130. The first-order chi connectivity index (χ1) is 14.3. The quantitative estimate of drug-likeness (QED) is 0.558. The molecule has 4 aromatic rings. The van der Waals surface area contributed by atoms with E-state index in [1.807, 2.05) is 13.8 Å². The van der Waals surface area contributed by atoms with Gasteiger partial charge in [0.15, 0.2) is 11.5 Å². The second-order valence-corrected chi connectivity index (χ2v) is 7.28. The van der Waals surface area contributed by atoms with Gasteiger partial charge in [0.25, 0.3) is 5.56 Å². The van der Waals surface area contributed by atoms with Gasteiger partial charge in [-0.1, -0.05) is 26.0 Å². The van der Waals surface area contributed by atoms with E-state index in [-0.39, 0.29) is 28.2 Å². The van der Waals surface area contributed by atoms with Crippen molar-refractivity contribution in [3.63, 3.8) is 0 Å². The lowest BCUT2D eigenvalue weighted by Gasteiger charge is -2.17. The average molecular weight is 408 g/mol. The number of hydrogen-bond acceptors (Lipinski definition) is 4. The molecule has 0 fully saturated rings. The highest BCUT2D eigenvalue weighted by Gasteiger charge is 2.21. The van der Waals surface area contributed by atoms with Crippen LogP contribution in [0.4, 0.5) is 8.78 Å². The van der Waals surface area contributed by atoms with E-state index in [4.69, 9.17) is 0 Å². The minimum Gasteiger partial charge on any atom is -0.273 e. The fraction of sp³-hybridized carbons (Fsp3) is 0.182. The summed E-state index contributed by atoms with van der Waals surface area (Å²) >= 11 is 0. The van der Waals surface area contributed by atoms with Gasteiger partial charge in [0, 0.05) is 11.8 Å². The van der Waals surface area contributed by atoms with E-state index in [1.54, 1.807) is 25.3 Å². The number of hydrogen-bond donors (Lipinski definition) is 1. The predicted molar refractivity (Wildman–Crippen MR) is 110 cm³/mol. The van der Waals surface area contributed by atoms with Crippen molar-refractivity contribution in [1.29, 1.82) is 0 Å². The molecule has 0 aliphatic carbocycles. The fourth-order valence-electron chi connectivity index (χ4n) is 3.47. The molecule has 4 rings (SSSR count). The molecule has 0 aliphatic heterocycles. The standard InChI is InChI=1S/C22H18F2N4O2/c1-11(2)17-19(12(3)8-9-25-17)28-20-14(21(29)27-22(28)30)10-16(24)18(26-20)13-6-4-5-7-15(13)23/h4-11H,1-3H3,(H,27,29,30). The van der Waals surface area contributed by atoms with Crippen LogP contribution in [-0.4, -0.2) is 19.5 Å². The number of halogens is 2. The molecule has 0 radical (unpaired) electrons. The number of nitrogens with one attached hydrogen (secondary N) is 1. The number of rotatable bonds is 3. The van der Waals surface area contributed by atoms with Gasteiger partial charge in [-0.25, -0.2) is 23.1 Å². The first-order valence-corrected chi connectivity index (χ1v) is 9.36. The predicted octanol–water partition coefficient (Wildman–Crippen LogP) is 3.85. The molecule has 3 heterocycles. The highest BCUT2D eigenvalue weighted by molar-refractivity contribution is 5.80. The third-order valence-corrected chi connectivity index (χ3v) is 4.89. The van der Waals surface area contributed by atoms with E-state index in [2.05, 4.69) is 15.0 Å². The van der Waals surface area contributed by atoms with Crippen molar-refractivity contribution in [2.45, 2.75) is 26.7 Å². The highest BCUT2D eigenvalue weighted by Crippen LogP contribution is 2.28. The molecule has 0 saturated carbocycles. The van der Waals surface area contributed by atoms with Crippen LogP contribution in [-0.2, 0) is 0 Å². The zero-order valence-electron chi connectivity index (χ0n) is 16.5. The maximum atomic E-state index is 14.8. The Labute approximate surface area is 169 Å². The molecule has 0 aliphatic rings. The lowest BCUT2D eigenvalue weighted by atomic mass is 10.0. The smallest absolute Gasteiger partial charge is 0.273 e. The first-order valence-electron chi connectivity index (χ1n) is 9.36. The number of H-pyrrole nitrogens is 1. The molecule has 152 valence electrons. The van der Waals surface area contributed by atoms with Crippen LogP contribution in [0.5, 0.6) is 0 Å². The number of aromatic nitrogens is 4. The molecule has 30 heavy (non-hydrogen) atoms. The first kappa shape index (κ1) is 19.6. The summed E-state index contributed by atoms with van der Waals surface area (Å²) in [6.45, 7) is 5.64. The summed E-state index contributed by atoms with van der Waals surface area (Å²) in [6.07, 6.45) is 1.63. The highest BCUT2D eigenvalue weighted by atomic mass is 19.1. The topological polar surface area (TPSA) is 80.6 Å². The van der Waals surface area contributed by atoms with Crippen LogP contribution in [0.15, 0.2) is 52.2 Å². The van der Waals surface area contributed by atoms with Crippen molar-refractivity contribution in [3.05, 3.63) is 86.3 Å². The van der Waals surface area contributed by atoms with E-state index >= 15 is 0 Å². The monoisotopic (exact) mass is 408 g/mol. The summed E-state index contributed by atoms with van der Waals surface area (Å²) in [6, 6.07) is 8.30. The van der Waals surface area contributed by atoms with E-state index in [0.29, 0.717) is 11.4 Å². The van der Waals surface area contributed by atoms with Crippen molar-refractivity contribution in [2.24, 2.45) is 0 Å². The molecule has 0 amide bonds. The van der Waals surface area contributed by atoms with E-state index < -0.39 is 22.9 Å². The summed E-state index contributed by atoms with van der Waals surface area (Å²) < 4.78 is 30.3. The Morgan fingerprint density at radius 3 is 2.50 bits per heavy atom. The number of nitrogens with zero attached hydrogens (tertiary/aromatic N) is 3. The maximum absolute atomic E-state index is 14.8. The van der Waals surface area contributed by atoms with E-state index in [9.17, 15) is 18.4 Å². The zero-order chi connectivity index (χ0) is 21.6. The summed E-state index contributed by atoms with van der Waals surface area (Å²) in [4.78, 5) is 36.1. The minimum atomic E-state index is -0.865. The fourth-order valence-corrected chi connectivity index (χ4v) is 3.47. The van der Waals surface area contributed by atoms with Crippen LogP contribution in [0, 0.1) is 18.6 Å². The average Bonchev–Trinajstić information content (AvgIpc) is 2.69. The molecule has 0 unspecified atom stereocenters. The van der Waals surface area contributed by atoms with Gasteiger partial charge in [-0.3, -0.25) is 14.8 Å². The number of aryl methyl sites for hydroxylation is 1. The molecule has 1 aromatic carbocycles. The second-order valence-electron chi connectivity index (χ2n) is 7.28.